The van der Waals surface area contributed by atoms with Crippen molar-refractivity contribution in [3.63, 3.8) is 0 Å². The molecule has 1 fully saturated rings. The Balaban J connectivity index is 2.14. The van der Waals surface area contributed by atoms with E-state index in [1.54, 1.807) is 0 Å². The highest BCUT2D eigenvalue weighted by atomic mass is 16.5. The third kappa shape index (κ3) is 3.99. The molecule has 0 aromatic rings. The molecular formula is C21H34O4. The van der Waals surface area contributed by atoms with Gasteiger partial charge in [-0.1, -0.05) is 33.8 Å². The quantitative estimate of drug-likeness (QED) is 0.738. The summed E-state index contributed by atoms with van der Waals surface area (Å²) in [6.07, 6.45) is 6.47. The van der Waals surface area contributed by atoms with Crippen molar-refractivity contribution in [3.05, 3.63) is 11.6 Å². The molecule has 1 saturated carbocycles. The summed E-state index contributed by atoms with van der Waals surface area (Å²) in [6.45, 7) is 8.45. The van der Waals surface area contributed by atoms with Gasteiger partial charge in [-0.25, -0.2) is 4.79 Å². The van der Waals surface area contributed by atoms with E-state index in [4.69, 9.17) is 4.74 Å². The molecule has 5 atom stereocenters. The number of Topliss-reactive ketones (excluding diaryl/α,β-unsaturated/α-hetero) is 1. The zero-order valence-electron chi connectivity index (χ0n) is 16.4. The molecule has 0 amide bonds. The molecule has 1 N–H and O–H groups in total. The van der Waals surface area contributed by atoms with Gasteiger partial charge in [-0.15, -0.1) is 0 Å². The van der Waals surface area contributed by atoms with Crippen LogP contribution in [0.5, 0.6) is 0 Å². The Kier molecular flexibility index (Phi) is 6.47. The molecule has 4 heteroatoms. The number of aliphatic hydroxyl groups is 1. The maximum atomic E-state index is 12.0. The number of ether oxygens (including phenoxy) is 1. The van der Waals surface area contributed by atoms with Crippen molar-refractivity contribution in [1.29, 1.82) is 0 Å². The van der Waals surface area contributed by atoms with Gasteiger partial charge in [-0.2, -0.15) is 0 Å². The van der Waals surface area contributed by atoms with Gasteiger partial charge in [0.05, 0.1) is 18.8 Å². The number of aliphatic hydroxyl groups excluding tert-OH is 1. The summed E-state index contributed by atoms with van der Waals surface area (Å²) in [5, 5.41) is 10.6. The molecule has 142 valence electrons. The number of carbonyl (C=O) groups is 2. The van der Waals surface area contributed by atoms with E-state index in [2.05, 4.69) is 13.8 Å². The van der Waals surface area contributed by atoms with Crippen molar-refractivity contribution < 1.29 is 19.4 Å². The van der Waals surface area contributed by atoms with Crippen LogP contribution in [-0.4, -0.2) is 30.1 Å². The fraction of sp³-hybridized carbons (Fsp3) is 0.810. The van der Waals surface area contributed by atoms with Gasteiger partial charge in [-0.3, -0.25) is 4.79 Å². The van der Waals surface area contributed by atoms with E-state index in [1.165, 1.54) is 7.11 Å². The van der Waals surface area contributed by atoms with Crippen LogP contribution in [0.15, 0.2) is 11.6 Å². The number of hydrogen-bond acceptors (Lipinski definition) is 4. The number of esters is 1. The number of ketones is 1. The second-order valence-electron chi connectivity index (χ2n) is 8.53. The third-order valence-electron chi connectivity index (χ3n) is 6.86. The number of allylic oxidation sites excluding steroid dienone is 1. The van der Waals surface area contributed by atoms with E-state index in [0.717, 1.165) is 25.7 Å². The molecule has 2 aliphatic carbocycles. The van der Waals surface area contributed by atoms with Gasteiger partial charge >= 0.3 is 5.97 Å². The van der Waals surface area contributed by atoms with Crippen LogP contribution in [0.4, 0.5) is 0 Å². The maximum absolute atomic E-state index is 12.0. The highest BCUT2D eigenvalue weighted by Gasteiger charge is 2.52. The predicted molar refractivity (Wildman–Crippen MR) is 97.9 cm³/mol. The topological polar surface area (TPSA) is 63.6 Å². The molecule has 2 aliphatic rings. The lowest BCUT2D eigenvalue weighted by Crippen LogP contribution is -2.41. The lowest BCUT2D eigenvalue weighted by molar-refractivity contribution is -0.138. The smallest absolute Gasteiger partial charge is 0.336 e. The second kappa shape index (κ2) is 8.03. The zero-order valence-corrected chi connectivity index (χ0v) is 16.4. The molecular weight excluding hydrogens is 316 g/mol. The molecule has 4 nitrogen and oxygen atoms in total. The number of methoxy groups -OCH3 is 1. The average Bonchev–Trinajstić information content (AvgIpc) is 2.88. The molecule has 2 rings (SSSR count). The lowest BCUT2D eigenvalue weighted by Gasteiger charge is -2.45. The van der Waals surface area contributed by atoms with E-state index in [0.29, 0.717) is 42.0 Å². The van der Waals surface area contributed by atoms with Crippen molar-refractivity contribution in [2.75, 3.05) is 7.11 Å². The summed E-state index contributed by atoms with van der Waals surface area (Å²) < 4.78 is 4.79. The minimum Gasteiger partial charge on any atom is -0.466 e. The Morgan fingerprint density at radius 2 is 2.00 bits per heavy atom. The van der Waals surface area contributed by atoms with Gasteiger partial charge in [-0.05, 0) is 55.3 Å². The molecule has 25 heavy (non-hydrogen) atoms. The lowest BCUT2D eigenvalue weighted by atomic mass is 9.60. The number of hydrogen-bond donors (Lipinski definition) is 1. The largest absolute Gasteiger partial charge is 0.466 e. The maximum Gasteiger partial charge on any atom is 0.336 e. The first-order valence-corrected chi connectivity index (χ1v) is 9.72. The van der Waals surface area contributed by atoms with Crippen molar-refractivity contribution in [1.82, 2.24) is 0 Å². The predicted octanol–water partition coefficient (Wildman–Crippen LogP) is 3.91. The average molecular weight is 350 g/mol. The molecule has 0 radical (unpaired) electrons. The van der Waals surface area contributed by atoms with Crippen molar-refractivity contribution in [2.45, 2.75) is 72.3 Å². The Morgan fingerprint density at radius 3 is 2.56 bits per heavy atom. The molecule has 0 aromatic heterocycles. The van der Waals surface area contributed by atoms with Gasteiger partial charge < -0.3 is 9.84 Å². The van der Waals surface area contributed by atoms with Crippen molar-refractivity contribution in [3.8, 4) is 0 Å². The molecule has 5 unspecified atom stereocenters. The van der Waals surface area contributed by atoms with Gasteiger partial charge in [0, 0.05) is 12.3 Å². The summed E-state index contributed by atoms with van der Waals surface area (Å²) in [7, 11) is 1.36. The van der Waals surface area contributed by atoms with Crippen LogP contribution in [0, 0.1) is 29.1 Å². The van der Waals surface area contributed by atoms with E-state index < -0.39 is 12.1 Å². The van der Waals surface area contributed by atoms with Crippen LogP contribution >= 0.6 is 0 Å². The summed E-state index contributed by atoms with van der Waals surface area (Å²) in [5.41, 5.74) is 0.450. The van der Waals surface area contributed by atoms with Crippen LogP contribution in [0.25, 0.3) is 0 Å². The fourth-order valence-electron chi connectivity index (χ4n) is 5.11. The summed E-state index contributed by atoms with van der Waals surface area (Å²) in [6, 6.07) is 0. The van der Waals surface area contributed by atoms with Crippen LogP contribution in [0.1, 0.15) is 66.2 Å². The van der Waals surface area contributed by atoms with Crippen molar-refractivity contribution >= 4 is 11.8 Å². The second-order valence-corrected chi connectivity index (χ2v) is 8.53. The molecule has 0 aliphatic heterocycles. The minimum absolute atomic E-state index is 0.0389. The van der Waals surface area contributed by atoms with E-state index in [-0.39, 0.29) is 11.3 Å². The van der Waals surface area contributed by atoms with Gasteiger partial charge in [0.25, 0.3) is 0 Å². The van der Waals surface area contributed by atoms with E-state index in [9.17, 15) is 14.7 Å². The number of rotatable bonds is 6. The first-order chi connectivity index (χ1) is 11.7. The fourth-order valence-corrected chi connectivity index (χ4v) is 5.11. The highest BCUT2D eigenvalue weighted by Crippen LogP contribution is 2.58. The zero-order chi connectivity index (χ0) is 18.8. The highest BCUT2D eigenvalue weighted by molar-refractivity contribution is 5.89. The standard InChI is InChI=1S/C21H34O4/c1-13(2)18(22)9-6-14(3)17-8-7-15(4)21(17)11-10-16(19(23)12-21)20(24)25-5/h10,13-15,17,19,23H,6-9,11-12H2,1-5H3. The summed E-state index contributed by atoms with van der Waals surface area (Å²) in [4.78, 5) is 23.8. The number of carbonyl (C=O) groups excluding carboxylic acids is 2. The molecule has 0 bridgehead atoms. The molecule has 0 heterocycles. The van der Waals surface area contributed by atoms with Gasteiger partial charge in [0.15, 0.2) is 0 Å². The first-order valence-electron chi connectivity index (χ1n) is 9.72. The summed E-state index contributed by atoms with van der Waals surface area (Å²) >= 11 is 0. The van der Waals surface area contributed by atoms with Crippen LogP contribution in [0.2, 0.25) is 0 Å². The first kappa shape index (κ1) is 20.2. The summed E-state index contributed by atoms with van der Waals surface area (Å²) in [5.74, 6) is 1.49. The van der Waals surface area contributed by atoms with Crippen LogP contribution < -0.4 is 0 Å². The van der Waals surface area contributed by atoms with E-state index >= 15 is 0 Å². The van der Waals surface area contributed by atoms with Crippen LogP contribution in [-0.2, 0) is 14.3 Å². The Hall–Kier alpha value is -1.16. The van der Waals surface area contributed by atoms with E-state index in [1.807, 2.05) is 19.9 Å². The Labute approximate surface area is 152 Å². The minimum atomic E-state index is -0.742. The monoisotopic (exact) mass is 350 g/mol. The Morgan fingerprint density at radius 1 is 1.32 bits per heavy atom. The molecule has 0 saturated heterocycles. The van der Waals surface area contributed by atoms with Gasteiger partial charge in [0.2, 0.25) is 0 Å². The van der Waals surface area contributed by atoms with Gasteiger partial charge in [0.1, 0.15) is 5.78 Å². The van der Waals surface area contributed by atoms with Crippen LogP contribution in [0.3, 0.4) is 0 Å². The Bertz CT molecular complexity index is 536. The SMILES string of the molecule is COC(=O)C1=CCC2(CC1O)C(C)CCC2C(C)CCC(=O)C(C)C. The normalized spacial score (nSPS) is 33.4. The third-order valence-corrected chi connectivity index (χ3v) is 6.86. The molecule has 1 spiro atoms. The molecule has 0 aromatic carbocycles. The van der Waals surface area contributed by atoms with Crippen molar-refractivity contribution in [2.24, 2.45) is 29.1 Å².